The van der Waals surface area contributed by atoms with Gasteiger partial charge in [-0.1, -0.05) is 18.0 Å². The van der Waals surface area contributed by atoms with E-state index in [9.17, 15) is 0 Å². The summed E-state index contributed by atoms with van der Waals surface area (Å²) in [5.74, 6) is 1.60. The number of aromatic nitrogens is 1. The SMILES string of the molecule is Cc1oc(-c2ccc(Cl)cc2)nc1CN1CCCC[C@@H]1C. The number of rotatable bonds is 3. The lowest BCUT2D eigenvalue weighted by molar-refractivity contribution is 0.150. The Bertz CT molecular complexity index is 606. The fourth-order valence-electron chi connectivity index (χ4n) is 2.88. The summed E-state index contributed by atoms with van der Waals surface area (Å²) in [6.07, 6.45) is 3.90. The molecule has 21 heavy (non-hydrogen) atoms. The zero-order valence-electron chi connectivity index (χ0n) is 12.6. The highest BCUT2D eigenvalue weighted by Crippen LogP contribution is 2.25. The third-order valence-corrected chi connectivity index (χ3v) is 4.53. The van der Waals surface area contributed by atoms with E-state index < -0.39 is 0 Å². The summed E-state index contributed by atoms with van der Waals surface area (Å²) >= 11 is 5.92. The Labute approximate surface area is 130 Å². The van der Waals surface area contributed by atoms with Crippen LogP contribution in [0.25, 0.3) is 11.5 Å². The number of aryl methyl sites for hydroxylation is 1. The van der Waals surface area contributed by atoms with E-state index in [1.165, 1.54) is 19.3 Å². The van der Waals surface area contributed by atoms with Crippen molar-refractivity contribution in [1.29, 1.82) is 0 Å². The molecule has 0 bridgehead atoms. The van der Waals surface area contributed by atoms with E-state index in [0.29, 0.717) is 11.9 Å². The molecule has 1 fully saturated rings. The molecule has 1 aliphatic heterocycles. The first-order valence-corrected chi connectivity index (χ1v) is 7.97. The minimum absolute atomic E-state index is 0.633. The summed E-state index contributed by atoms with van der Waals surface area (Å²) in [5.41, 5.74) is 2.02. The van der Waals surface area contributed by atoms with Crippen LogP contribution in [0.2, 0.25) is 5.02 Å². The van der Waals surface area contributed by atoms with Crippen molar-refractivity contribution in [2.75, 3.05) is 6.54 Å². The second-order valence-corrected chi connectivity index (χ2v) is 6.28. The molecule has 112 valence electrons. The smallest absolute Gasteiger partial charge is 0.226 e. The van der Waals surface area contributed by atoms with Crippen LogP contribution in [0.4, 0.5) is 0 Å². The van der Waals surface area contributed by atoms with Crippen LogP contribution in [0.15, 0.2) is 28.7 Å². The number of likely N-dealkylation sites (tertiary alicyclic amines) is 1. The summed E-state index contributed by atoms with van der Waals surface area (Å²) in [6, 6.07) is 8.25. The van der Waals surface area contributed by atoms with Crippen LogP contribution in [-0.2, 0) is 6.54 Å². The molecule has 0 saturated carbocycles. The van der Waals surface area contributed by atoms with Gasteiger partial charge in [0.15, 0.2) is 0 Å². The molecule has 1 atom stereocenters. The van der Waals surface area contributed by atoms with Crippen molar-refractivity contribution in [3.05, 3.63) is 40.7 Å². The minimum Gasteiger partial charge on any atom is -0.441 e. The topological polar surface area (TPSA) is 29.3 Å². The van der Waals surface area contributed by atoms with Crippen molar-refractivity contribution in [3.8, 4) is 11.5 Å². The molecule has 0 radical (unpaired) electrons. The Morgan fingerprint density at radius 3 is 2.76 bits per heavy atom. The lowest BCUT2D eigenvalue weighted by Gasteiger charge is -2.32. The van der Waals surface area contributed by atoms with Crippen LogP contribution in [0, 0.1) is 6.92 Å². The maximum absolute atomic E-state index is 5.92. The Morgan fingerprint density at radius 1 is 1.29 bits per heavy atom. The summed E-state index contributed by atoms with van der Waals surface area (Å²) in [7, 11) is 0. The maximum Gasteiger partial charge on any atom is 0.226 e. The zero-order valence-corrected chi connectivity index (χ0v) is 13.4. The number of hydrogen-bond donors (Lipinski definition) is 0. The van der Waals surface area contributed by atoms with Crippen LogP contribution >= 0.6 is 11.6 Å². The molecule has 1 aromatic heterocycles. The molecule has 4 heteroatoms. The van der Waals surface area contributed by atoms with Gasteiger partial charge >= 0.3 is 0 Å². The predicted octanol–water partition coefficient (Wildman–Crippen LogP) is 4.68. The fourth-order valence-corrected chi connectivity index (χ4v) is 3.00. The Balaban J connectivity index is 1.79. The molecule has 0 aliphatic carbocycles. The van der Waals surface area contributed by atoms with Gasteiger partial charge in [-0.05, 0) is 57.5 Å². The zero-order chi connectivity index (χ0) is 14.8. The van der Waals surface area contributed by atoms with Crippen LogP contribution < -0.4 is 0 Å². The van der Waals surface area contributed by atoms with Crippen molar-refractivity contribution in [1.82, 2.24) is 9.88 Å². The largest absolute Gasteiger partial charge is 0.441 e. The van der Waals surface area contributed by atoms with Gasteiger partial charge in [0.2, 0.25) is 5.89 Å². The molecular formula is C17H21ClN2O. The van der Waals surface area contributed by atoms with E-state index in [1.54, 1.807) is 0 Å². The average Bonchev–Trinajstić information content (AvgIpc) is 2.83. The van der Waals surface area contributed by atoms with Crippen molar-refractivity contribution in [2.24, 2.45) is 0 Å². The van der Waals surface area contributed by atoms with Crippen LogP contribution in [0.5, 0.6) is 0 Å². The van der Waals surface area contributed by atoms with Gasteiger partial charge in [-0.15, -0.1) is 0 Å². The van der Waals surface area contributed by atoms with E-state index in [2.05, 4.69) is 16.8 Å². The Kier molecular flexibility index (Phi) is 4.32. The fraction of sp³-hybridized carbons (Fsp3) is 0.471. The molecule has 0 N–H and O–H groups in total. The minimum atomic E-state index is 0.633. The van der Waals surface area contributed by atoms with E-state index in [4.69, 9.17) is 16.0 Å². The van der Waals surface area contributed by atoms with Crippen molar-refractivity contribution in [2.45, 2.75) is 45.7 Å². The molecular weight excluding hydrogens is 284 g/mol. The highest BCUT2D eigenvalue weighted by Gasteiger charge is 2.21. The van der Waals surface area contributed by atoms with Gasteiger partial charge in [0.1, 0.15) is 5.76 Å². The Hall–Kier alpha value is -1.32. The summed E-state index contributed by atoms with van der Waals surface area (Å²) < 4.78 is 5.84. The first-order chi connectivity index (χ1) is 10.1. The van der Waals surface area contributed by atoms with Crippen molar-refractivity contribution in [3.63, 3.8) is 0 Å². The second-order valence-electron chi connectivity index (χ2n) is 5.84. The third kappa shape index (κ3) is 3.30. The molecule has 1 aromatic carbocycles. The van der Waals surface area contributed by atoms with Gasteiger partial charge < -0.3 is 4.42 Å². The van der Waals surface area contributed by atoms with Crippen LogP contribution in [0.3, 0.4) is 0 Å². The average molecular weight is 305 g/mol. The lowest BCUT2D eigenvalue weighted by Crippen LogP contribution is -2.37. The molecule has 3 rings (SSSR count). The monoisotopic (exact) mass is 304 g/mol. The maximum atomic E-state index is 5.92. The van der Waals surface area contributed by atoms with E-state index in [-0.39, 0.29) is 0 Å². The van der Waals surface area contributed by atoms with Crippen LogP contribution in [0.1, 0.15) is 37.6 Å². The second kappa shape index (κ2) is 6.20. The molecule has 2 aromatic rings. The normalized spacial score (nSPS) is 19.9. The first-order valence-electron chi connectivity index (χ1n) is 7.60. The van der Waals surface area contributed by atoms with Gasteiger partial charge in [-0.25, -0.2) is 4.98 Å². The molecule has 3 nitrogen and oxygen atoms in total. The summed E-state index contributed by atoms with van der Waals surface area (Å²) in [6.45, 7) is 6.33. The quantitative estimate of drug-likeness (QED) is 0.824. The third-order valence-electron chi connectivity index (χ3n) is 4.28. The molecule has 1 aliphatic rings. The van der Waals surface area contributed by atoms with E-state index in [0.717, 1.165) is 35.1 Å². The summed E-state index contributed by atoms with van der Waals surface area (Å²) in [4.78, 5) is 7.19. The van der Waals surface area contributed by atoms with Crippen molar-refractivity contribution >= 4 is 11.6 Å². The van der Waals surface area contributed by atoms with Gasteiger partial charge in [0, 0.05) is 23.2 Å². The number of oxazole rings is 1. The van der Waals surface area contributed by atoms with Crippen molar-refractivity contribution < 1.29 is 4.42 Å². The molecule has 1 saturated heterocycles. The van der Waals surface area contributed by atoms with Gasteiger partial charge in [-0.3, -0.25) is 4.90 Å². The van der Waals surface area contributed by atoms with Gasteiger partial charge in [0.05, 0.1) is 5.69 Å². The molecule has 0 unspecified atom stereocenters. The number of halogens is 1. The highest BCUT2D eigenvalue weighted by molar-refractivity contribution is 6.30. The number of hydrogen-bond acceptors (Lipinski definition) is 3. The Morgan fingerprint density at radius 2 is 2.05 bits per heavy atom. The van der Waals surface area contributed by atoms with Gasteiger partial charge in [-0.2, -0.15) is 0 Å². The highest BCUT2D eigenvalue weighted by atomic mass is 35.5. The summed E-state index contributed by atoms with van der Waals surface area (Å²) in [5, 5.41) is 0.726. The lowest BCUT2D eigenvalue weighted by atomic mass is 10.0. The van der Waals surface area contributed by atoms with E-state index in [1.807, 2.05) is 31.2 Å². The van der Waals surface area contributed by atoms with Crippen LogP contribution in [-0.4, -0.2) is 22.5 Å². The predicted molar refractivity (Wildman–Crippen MR) is 85.4 cm³/mol. The number of nitrogens with zero attached hydrogens (tertiary/aromatic N) is 2. The number of piperidine rings is 1. The molecule has 0 spiro atoms. The van der Waals surface area contributed by atoms with E-state index >= 15 is 0 Å². The standard InChI is InChI=1S/C17H21ClN2O/c1-12-5-3-4-10-20(12)11-16-13(2)21-17(19-16)14-6-8-15(18)9-7-14/h6-9,12H,3-5,10-11H2,1-2H3/t12-/m0/s1. The van der Waals surface area contributed by atoms with Gasteiger partial charge in [0.25, 0.3) is 0 Å². The molecule has 2 heterocycles. The molecule has 0 amide bonds. The number of benzene rings is 1. The first kappa shape index (κ1) is 14.6.